The Kier molecular flexibility index (Phi) is 5.13. The number of hydrogen-bond acceptors (Lipinski definition) is 6. The third-order valence-electron chi connectivity index (χ3n) is 5.94. The van der Waals surface area contributed by atoms with Gasteiger partial charge in [0.2, 0.25) is 5.95 Å². The van der Waals surface area contributed by atoms with Crippen LogP contribution in [-0.2, 0) is 0 Å². The molecular formula is C24H26N6O. The van der Waals surface area contributed by atoms with Crippen molar-refractivity contribution < 1.29 is 5.11 Å². The van der Waals surface area contributed by atoms with E-state index in [0.717, 1.165) is 65.5 Å². The minimum atomic E-state index is -0.508. The summed E-state index contributed by atoms with van der Waals surface area (Å²) in [4.78, 5) is 18.3. The normalized spacial score (nSPS) is 16.0. The third kappa shape index (κ3) is 3.89. The Labute approximate surface area is 181 Å². The number of aliphatic hydroxyl groups excluding tert-OH is 1. The van der Waals surface area contributed by atoms with E-state index in [2.05, 4.69) is 54.6 Å². The number of aliphatic hydroxyl groups is 1. The molecule has 0 amide bonds. The van der Waals surface area contributed by atoms with Crippen molar-refractivity contribution in [1.82, 2.24) is 24.4 Å². The van der Waals surface area contributed by atoms with Crippen LogP contribution in [-0.4, -0.2) is 62.8 Å². The Hall–Kier alpha value is -3.29. The van der Waals surface area contributed by atoms with Crippen LogP contribution in [0.15, 0.2) is 61.2 Å². The smallest absolute Gasteiger partial charge is 0.225 e. The van der Waals surface area contributed by atoms with Crippen LogP contribution in [0.1, 0.15) is 18.6 Å². The van der Waals surface area contributed by atoms with Crippen LogP contribution in [0.4, 0.5) is 5.95 Å². The Morgan fingerprint density at radius 2 is 1.68 bits per heavy atom. The monoisotopic (exact) mass is 414 g/mol. The molecule has 7 heteroatoms. The predicted molar refractivity (Wildman–Crippen MR) is 122 cm³/mol. The first kappa shape index (κ1) is 19.7. The standard InChI is InChI=1S/C24H26N6O/c1-17(31)18-6-7-23-22(13-18)27-16-30(23)21-5-3-4-19(12-21)20-14-25-24(26-15-20)29-10-8-28(2)9-11-29/h3-7,12-17,31H,8-11H2,1-2H3/t17-/m0/s1. The van der Waals surface area contributed by atoms with E-state index >= 15 is 0 Å². The molecule has 1 aliphatic heterocycles. The lowest BCUT2D eigenvalue weighted by Gasteiger charge is -2.32. The van der Waals surface area contributed by atoms with E-state index in [1.807, 2.05) is 43.0 Å². The van der Waals surface area contributed by atoms with Crippen molar-refractivity contribution in [3.8, 4) is 16.8 Å². The molecule has 0 bridgehead atoms. The summed E-state index contributed by atoms with van der Waals surface area (Å²) < 4.78 is 2.06. The van der Waals surface area contributed by atoms with Gasteiger partial charge in [-0.25, -0.2) is 15.0 Å². The second-order valence-corrected chi connectivity index (χ2v) is 8.15. The Balaban J connectivity index is 1.42. The number of hydrogen-bond donors (Lipinski definition) is 1. The molecular weight excluding hydrogens is 388 g/mol. The maximum absolute atomic E-state index is 9.83. The molecule has 0 radical (unpaired) electrons. The van der Waals surface area contributed by atoms with E-state index in [0.29, 0.717) is 0 Å². The van der Waals surface area contributed by atoms with Gasteiger partial charge in [0.15, 0.2) is 0 Å². The van der Waals surface area contributed by atoms with Gasteiger partial charge in [-0.05, 0) is 49.4 Å². The zero-order valence-electron chi connectivity index (χ0n) is 17.8. The molecule has 2 aromatic heterocycles. The molecule has 1 atom stereocenters. The van der Waals surface area contributed by atoms with Crippen LogP contribution < -0.4 is 4.90 Å². The molecule has 1 aliphatic rings. The Bertz CT molecular complexity index is 1190. The molecule has 2 aromatic carbocycles. The van der Waals surface area contributed by atoms with E-state index < -0.39 is 6.10 Å². The fraction of sp³-hybridized carbons (Fsp3) is 0.292. The second kappa shape index (κ2) is 8.09. The molecule has 0 unspecified atom stereocenters. The number of imidazole rings is 1. The van der Waals surface area contributed by atoms with Gasteiger partial charge < -0.3 is 14.9 Å². The number of rotatable bonds is 4. The second-order valence-electron chi connectivity index (χ2n) is 8.15. The van der Waals surface area contributed by atoms with Crippen LogP contribution in [0.25, 0.3) is 27.8 Å². The SMILES string of the molecule is C[C@H](O)c1ccc2c(c1)ncn2-c1cccc(-c2cnc(N3CCN(C)CC3)nc2)c1. The van der Waals surface area contributed by atoms with Crippen LogP contribution >= 0.6 is 0 Å². The number of benzene rings is 2. The molecule has 0 saturated carbocycles. The number of nitrogens with zero attached hydrogens (tertiary/aromatic N) is 6. The van der Waals surface area contributed by atoms with Crippen molar-refractivity contribution in [3.05, 3.63) is 66.7 Å². The van der Waals surface area contributed by atoms with E-state index in [-0.39, 0.29) is 0 Å². The summed E-state index contributed by atoms with van der Waals surface area (Å²) >= 11 is 0. The molecule has 31 heavy (non-hydrogen) atoms. The number of fused-ring (bicyclic) bond motifs is 1. The number of anilines is 1. The first-order valence-corrected chi connectivity index (χ1v) is 10.6. The van der Waals surface area contributed by atoms with Gasteiger partial charge in [-0.2, -0.15) is 0 Å². The maximum atomic E-state index is 9.83. The molecule has 4 aromatic rings. The lowest BCUT2D eigenvalue weighted by molar-refractivity contribution is 0.199. The van der Waals surface area contributed by atoms with Crippen molar-refractivity contribution in [3.63, 3.8) is 0 Å². The lowest BCUT2D eigenvalue weighted by Crippen LogP contribution is -2.45. The molecule has 0 spiro atoms. The van der Waals surface area contributed by atoms with Gasteiger partial charge in [0.05, 0.1) is 17.1 Å². The molecule has 1 N–H and O–H groups in total. The molecule has 1 saturated heterocycles. The fourth-order valence-corrected chi connectivity index (χ4v) is 3.97. The molecule has 7 nitrogen and oxygen atoms in total. The van der Waals surface area contributed by atoms with Crippen molar-refractivity contribution in [2.45, 2.75) is 13.0 Å². The van der Waals surface area contributed by atoms with Gasteiger partial charge in [-0.1, -0.05) is 18.2 Å². The van der Waals surface area contributed by atoms with Crippen LogP contribution in [0, 0.1) is 0 Å². The minimum Gasteiger partial charge on any atom is -0.389 e. The number of aromatic nitrogens is 4. The summed E-state index contributed by atoms with van der Waals surface area (Å²) in [6.45, 7) is 5.74. The summed E-state index contributed by atoms with van der Waals surface area (Å²) in [5.74, 6) is 0.794. The molecule has 3 heterocycles. The van der Waals surface area contributed by atoms with Crippen molar-refractivity contribution >= 4 is 17.0 Å². The highest BCUT2D eigenvalue weighted by molar-refractivity contribution is 5.79. The van der Waals surface area contributed by atoms with E-state index in [1.165, 1.54) is 0 Å². The summed E-state index contributed by atoms with van der Waals surface area (Å²) in [5, 5.41) is 9.83. The summed E-state index contributed by atoms with van der Waals surface area (Å²) in [6.07, 6.45) is 5.12. The fourth-order valence-electron chi connectivity index (χ4n) is 3.97. The third-order valence-corrected chi connectivity index (χ3v) is 5.94. The van der Waals surface area contributed by atoms with Crippen LogP contribution in [0.2, 0.25) is 0 Å². The van der Waals surface area contributed by atoms with E-state index in [1.54, 1.807) is 6.92 Å². The number of likely N-dealkylation sites (N-methyl/N-ethyl adjacent to an activating group) is 1. The van der Waals surface area contributed by atoms with E-state index in [9.17, 15) is 5.11 Å². The lowest BCUT2D eigenvalue weighted by atomic mass is 10.1. The van der Waals surface area contributed by atoms with Crippen molar-refractivity contribution in [2.75, 3.05) is 38.1 Å². The predicted octanol–water partition coefficient (Wildman–Crippen LogP) is 3.29. The zero-order valence-corrected chi connectivity index (χ0v) is 17.8. The molecule has 0 aliphatic carbocycles. The van der Waals surface area contributed by atoms with Crippen LogP contribution in [0.5, 0.6) is 0 Å². The van der Waals surface area contributed by atoms with Gasteiger partial charge in [0.25, 0.3) is 0 Å². The molecule has 5 rings (SSSR count). The van der Waals surface area contributed by atoms with E-state index in [4.69, 9.17) is 0 Å². The minimum absolute atomic E-state index is 0.508. The summed E-state index contributed by atoms with van der Waals surface area (Å²) in [7, 11) is 2.14. The highest BCUT2D eigenvalue weighted by Gasteiger charge is 2.16. The molecule has 1 fully saturated rings. The topological polar surface area (TPSA) is 70.3 Å². The average Bonchev–Trinajstić information content (AvgIpc) is 3.23. The van der Waals surface area contributed by atoms with Gasteiger partial charge in [-0.15, -0.1) is 0 Å². The largest absolute Gasteiger partial charge is 0.389 e. The van der Waals surface area contributed by atoms with Gasteiger partial charge in [0.1, 0.15) is 6.33 Å². The first-order valence-electron chi connectivity index (χ1n) is 10.6. The maximum Gasteiger partial charge on any atom is 0.225 e. The summed E-state index contributed by atoms with van der Waals surface area (Å²) in [6, 6.07) is 14.2. The quantitative estimate of drug-likeness (QED) is 0.553. The highest BCUT2D eigenvalue weighted by Crippen LogP contribution is 2.26. The number of piperazine rings is 1. The van der Waals surface area contributed by atoms with Crippen molar-refractivity contribution in [1.29, 1.82) is 0 Å². The van der Waals surface area contributed by atoms with Crippen LogP contribution in [0.3, 0.4) is 0 Å². The highest BCUT2D eigenvalue weighted by atomic mass is 16.3. The van der Waals surface area contributed by atoms with Gasteiger partial charge >= 0.3 is 0 Å². The van der Waals surface area contributed by atoms with Crippen molar-refractivity contribution in [2.24, 2.45) is 0 Å². The van der Waals surface area contributed by atoms with Gasteiger partial charge in [0, 0.05) is 49.8 Å². The molecule has 158 valence electrons. The zero-order chi connectivity index (χ0) is 21.4. The van der Waals surface area contributed by atoms with Gasteiger partial charge in [-0.3, -0.25) is 4.57 Å². The summed E-state index contributed by atoms with van der Waals surface area (Å²) in [5.41, 5.74) is 5.80. The Morgan fingerprint density at radius 3 is 2.42 bits per heavy atom. The Morgan fingerprint density at radius 1 is 0.903 bits per heavy atom. The first-order chi connectivity index (χ1) is 15.1. The average molecular weight is 415 g/mol.